The largest absolute Gasteiger partial charge is 0.351 e. The lowest BCUT2D eigenvalue weighted by atomic mass is 10.2. The molecule has 92 valence electrons. The van der Waals surface area contributed by atoms with Crippen LogP contribution in [0.5, 0.6) is 0 Å². The van der Waals surface area contributed by atoms with Crippen LogP contribution in [0.15, 0.2) is 24.3 Å². The van der Waals surface area contributed by atoms with Crippen LogP contribution in [-0.2, 0) is 11.3 Å². The number of carbonyl (C=O) groups excluding carboxylic acids is 1. The third kappa shape index (κ3) is 3.51. The fraction of sp³-hybridized carbons (Fsp3) is 0.417. The molecule has 5 heteroatoms. The Balaban J connectivity index is 1.81. The number of halogens is 1. The highest BCUT2D eigenvalue weighted by Gasteiger charge is 2.19. The lowest BCUT2D eigenvalue weighted by Gasteiger charge is -2.23. The van der Waals surface area contributed by atoms with Crippen molar-refractivity contribution in [3.05, 3.63) is 35.6 Å². The van der Waals surface area contributed by atoms with Gasteiger partial charge in [0.2, 0.25) is 5.91 Å². The SMILES string of the molecule is O=C(NCc1ccc(F)cc1)C1CNCCN1. The normalized spacial score (nSPS) is 19.9. The van der Waals surface area contributed by atoms with Crippen molar-refractivity contribution in [3.63, 3.8) is 0 Å². The van der Waals surface area contributed by atoms with Crippen LogP contribution in [0.4, 0.5) is 4.39 Å². The van der Waals surface area contributed by atoms with Gasteiger partial charge in [-0.05, 0) is 17.7 Å². The maximum Gasteiger partial charge on any atom is 0.238 e. The van der Waals surface area contributed by atoms with Gasteiger partial charge in [0.15, 0.2) is 0 Å². The molecule has 1 aliphatic rings. The summed E-state index contributed by atoms with van der Waals surface area (Å²) in [6.07, 6.45) is 0. The Morgan fingerprint density at radius 2 is 2.12 bits per heavy atom. The third-order valence-electron chi connectivity index (χ3n) is 2.74. The van der Waals surface area contributed by atoms with E-state index in [1.54, 1.807) is 12.1 Å². The monoisotopic (exact) mass is 237 g/mol. The van der Waals surface area contributed by atoms with Crippen LogP contribution in [0.1, 0.15) is 5.56 Å². The van der Waals surface area contributed by atoms with E-state index in [0.29, 0.717) is 13.1 Å². The first-order chi connectivity index (χ1) is 8.25. The molecule has 1 aromatic carbocycles. The Hall–Kier alpha value is -1.46. The van der Waals surface area contributed by atoms with E-state index >= 15 is 0 Å². The first-order valence-electron chi connectivity index (χ1n) is 5.72. The van der Waals surface area contributed by atoms with Gasteiger partial charge in [-0.15, -0.1) is 0 Å². The van der Waals surface area contributed by atoms with Crippen LogP contribution in [-0.4, -0.2) is 31.6 Å². The molecule has 0 saturated carbocycles. The van der Waals surface area contributed by atoms with Crippen molar-refractivity contribution in [3.8, 4) is 0 Å². The van der Waals surface area contributed by atoms with Crippen LogP contribution in [0, 0.1) is 5.82 Å². The molecule has 1 fully saturated rings. The molecule has 1 heterocycles. The molecule has 1 atom stereocenters. The van der Waals surface area contributed by atoms with Crippen molar-refractivity contribution in [2.45, 2.75) is 12.6 Å². The van der Waals surface area contributed by atoms with Crippen LogP contribution >= 0.6 is 0 Å². The Bertz CT molecular complexity index is 374. The minimum absolute atomic E-state index is 0.0264. The second kappa shape index (κ2) is 5.75. The van der Waals surface area contributed by atoms with E-state index in [0.717, 1.165) is 18.7 Å². The Kier molecular flexibility index (Phi) is 4.06. The minimum Gasteiger partial charge on any atom is -0.351 e. The van der Waals surface area contributed by atoms with Crippen molar-refractivity contribution >= 4 is 5.91 Å². The number of hydrogen-bond acceptors (Lipinski definition) is 3. The van der Waals surface area contributed by atoms with Crippen molar-refractivity contribution in [2.24, 2.45) is 0 Å². The zero-order valence-corrected chi connectivity index (χ0v) is 9.50. The van der Waals surface area contributed by atoms with E-state index < -0.39 is 0 Å². The molecule has 1 aromatic rings. The second-order valence-electron chi connectivity index (χ2n) is 4.06. The fourth-order valence-electron chi connectivity index (χ4n) is 1.75. The second-order valence-corrected chi connectivity index (χ2v) is 4.06. The summed E-state index contributed by atoms with van der Waals surface area (Å²) in [6.45, 7) is 2.77. The van der Waals surface area contributed by atoms with Crippen LogP contribution in [0.3, 0.4) is 0 Å². The maximum absolute atomic E-state index is 12.7. The third-order valence-corrected chi connectivity index (χ3v) is 2.74. The molecule has 0 spiro atoms. The number of amides is 1. The van der Waals surface area contributed by atoms with Gasteiger partial charge in [0.05, 0.1) is 6.04 Å². The zero-order chi connectivity index (χ0) is 12.1. The van der Waals surface area contributed by atoms with Crippen molar-refractivity contribution in [1.82, 2.24) is 16.0 Å². The summed E-state index contributed by atoms with van der Waals surface area (Å²) < 4.78 is 12.7. The van der Waals surface area contributed by atoms with E-state index in [-0.39, 0.29) is 17.8 Å². The maximum atomic E-state index is 12.7. The number of carbonyl (C=O) groups is 1. The van der Waals surface area contributed by atoms with Gasteiger partial charge >= 0.3 is 0 Å². The predicted molar refractivity (Wildman–Crippen MR) is 62.9 cm³/mol. The molecule has 0 aromatic heterocycles. The molecular formula is C12H16FN3O. The topological polar surface area (TPSA) is 53.2 Å². The van der Waals surface area contributed by atoms with Gasteiger partial charge in [0, 0.05) is 26.2 Å². The molecule has 1 amide bonds. The van der Waals surface area contributed by atoms with Gasteiger partial charge in [-0.1, -0.05) is 12.1 Å². The highest BCUT2D eigenvalue weighted by atomic mass is 19.1. The standard InChI is InChI=1S/C12H16FN3O/c13-10-3-1-9(2-4-10)7-16-12(17)11-8-14-5-6-15-11/h1-4,11,14-15H,5-8H2,(H,16,17). The predicted octanol–water partition coefficient (Wildman–Crippen LogP) is 0.00330. The summed E-state index contributed by atoms with van der Waals surface area (Å²) in [4.78, 5) is 11.8. The Morgan fingerprint density at radius 1 is 1.35 bits per heavy atom. The van der Waals surface area contributed by atoms with E-state index in [2.05, 4.69) is 16.0 Å². The average molecular weight is 237 g/mol. The summed E-state index contributed by atoms with van der Waals surface area (Å²) in [5.74, 6) is -0.292. The molecule has 0 bridgehead atoms. The average Bonchev–Trinajstić information content (AvgIpc) is 2.39. The van der Waals surface area contributed by atoms with Crippen LogP contribution < -0.4 is 16.0 Å². The van der Waals surface area contributed by atoms with Crippen LogP contribution in [0.2, 0.25) is 0 Å². The highest BCUT2D eigenvalue weighted by Crippen LogP contribution is 2.02. The molecule has 0 radical (unpaired) electrons. The van der Waals surface area contributed by atoms with Gasteiger partial charge < -0.3 is 16.0 Å². The zero-order valence-electron chi connectivity index (χ0n) is 9.50. The highest BCUT2D eigenvalue weighted by molar-refractivity contribution is 5.82. The molecule has 1 saturated heterocycles. The molecule has 3 N–H and O–H groups in total. The molecule has 1 aliphatic heterocycles. The summed E-state index contributed by atoms with van der Waals surface area (Å²) >= 11 is 0. The first-order valence-corrected chi connectivity index (χ1v) is 5.72. The summed E-state index contributed by atoms with van der Waals surface area (Å²) in [6, 6.07) is 5.94. The smallest absolute Gasteiger partial charge is 0.238 e. The number of piperazine rings is 1. The summed E-state index contributed by atoms with van der Waals surface area (Å²) in [5, 5.41) is 9.10. The van der Waals surface area contributed by atoms with Gasteiger partial charge in [-0.2, -0.15) is 0 Å². The quantitative estimate of drug-likeness (QED) is 0.694. The number of rotatable bonds is 3. The molecule has 4 nitrogen and oxygen atoms in total. The number of benzene rings is 1. The Morgan fingerprint density at radius 3 is 2.76 bits per heavy atom. The minimum atomic E-state index is -0.266. The van der Waals surface area contributed by atoms with Crippen molar-refractivity contribution in [1.29, 1.82) is 0 Å². The molecular weight excluding hydrogens is 221 g/mol. The summed E-state index contributed by atoms with van der Waals surface area (Å²) in [7, 11) is 0. The fourth-order valence-corrected chi connectivity index (χ4v) is 1.75. The lowest BCUT2D eigenvalue weighted by molar-refractivity contribution is -0.123. The van der Waals surface area contributed by atoms with E-state index in [1.165, 1.54) is 12.1 Å². The van der Waals surface area contributed by atoms with E-state index in [4.69, 9.17) is 0 Å². The van der Waals surface area contributed by atoms with E-state index in [1.807, 2.05) is 0 Å². The van der Waals surface area contributed by atoms with Gasteiger partial charge in [0.1, 0.15) is 5.82 Å². The van der Waals surface area contributed by atoms with Gasteiger partial charge in [-0.3, -0.25) is 4.79 Å². The first kappa shape index (κ1) is 12.0. The lowest BCUT2D eigenvalue weighted by Crippen LogP contribution is -2.55. The van der Waals surface area contributed by atoms with E-state index in [9.17, 15) is 9.18 Å². The molecule has 2 rings (SSSR count). The number of hydrogen-bond donors (Lipinski definition) is 3. The Labute approximate surface area is 99.6 Å². The molecule has 0 aliphatic carbocycles. The van der Waals surface area contributed by atoms with Crippen molar-refractivity contribution < 1.29 is 9.18 Å². The van der Waals surface area contributed by atoms with Gasteiger partial charge in [-0.25, -0.2) is 4.39 Å². The molecule has 1 unspecified atom stereocenters. The number of nitrogens with one attached hydrogen (secondary N) is 3. The molecule has 17 heavy (non-hydrogen) atoms. The van der Waals surface area contributed by atoms with Crippen LogP contribution in [0.25, 0.3) is 0 Å². The van der Waals surface area contributed by atoms with Crippen molar-refractivity contribution in [2.75, 3.05) is 19.6 Å². The van der Waals surface area contributed by atoms with Gasteiger partial charge in [0.25, 0.3) is 0 Å². The summed E-state index contributed by atoms with van der Waals surface area (Å²) in [5.41, 5.74) is 0.892.